The molecule has 0 saturated heterocycles. The Morgan fingerprint density at radius 1 is 1.06 bits per heavy atom. The van der Waals surface area contributed by atoms with Crippen LogP contribution in [0.25, 0.3) is 15.9 Å². The Kier molecular flexibility index (Phi) is 5.28. The second-order valence-corrected chi connectivity index (χ2v) is 8.02. The third kappa shape index (κ3) is 3.79. The molecule has 2 aromatic heterocycles. The first-order valence-corrected chi connectivity index (χ1v) is 10.2. The van der Waals surface area contributed by atoms with Crippen LogP contribution in [-0.4, -0.2) is 15.0 Å². The van der Waals surface area contributed by atoms with Gasteiger partial charge in [-0.05, 0) is 49.1 Å². The third-order valence-electron chi connectivity index (χ3n) is 4.85. The zero-order chi connectivity index (χ0) is 22.3. The van der Waals surface area contributed by atoms with Crippen molar-refractivity contribution in [1.82, 2.24) is 9.13 Å². The van der Waals surface area contributed by atoms with Crippen LogP contribution in [0.3, 0.4) is 0 Å². The minimum Gasteiger partial charge on any atom is -0.322 e. The van der Waals surface area contributed by atoms with Gasteiger partial charge in [-0.25, -0.2) is 18.1 Å². The largest absolute Gasteiger partial charge is 0.336 e. The summed E-state index contributed by atoms with van der Waals surface area (Å²) in [5.41, 5.74) is 1.10. The quantitative estimate of drug-likeness (QED) is 0.524. The van der Waals surface area contributed by atoms with E-state index in [2.05, 4.69) is 5.32 Å². The van der Waals surface area contributed by atoms with Crippen LogP contribution in [0.15, 0.2) is 57.4 Å². The molecule has 1 N–H and O–H groups in total. The Morgan fingerprint density at radius 2 is 1.84 bits per heavy atom. The van der Waals surface area contributed by atoms with Crippen LogP contribution in [0.5, 0.6) is 0 Å². The number of nitrogens with zero attached hydrogens (tertiary/aromatic N) is 2. The monoisotopic (exact) mass is 441 g/mol. The van der Waals surface area contributed by atoms with E-state index in [1.165, 1.54) is 4.57 Å². The van der Waals surface area contributed by atoms with Crippen LogP contribution in [0, 0.1) is 25.5 Å². The number of fused-ring (bicyclic) bond motifs is 1. The number of amides is 1. The van der Waals surface area contributed by atoms with Gasteiger partial charge in [0, 0.05) is 6.07 Å². The van der Waals surface area contributed by atoms with Crippen LogP contribution < -0.4 is 16.6 Å². The fourth-order valence-electron chi connectivity index (χ4n) is 3.43. The SMILES string of the molecule is Cc1ccc(-n2c(=O)c3sccc3n(CC(=O)Nc3ccc(F)cc3F)c2=O)c(C)c1. The highest BCUT2D eigenvalue weighted by atomic mass is 32.1. The number of aromatic nitrogens is 2. The number of thiophene rings is 1. The first kappa shape index (κ1) is 20.7. The van der Waals surface area contributed by atoms with Crippen LogP contribution in [-0.2, 0) is 11.3 Å². The minimum absolute atomic E-state index is 0.205. The first-order chi connectivity index (χ1) is 14.8. The number of anilines is 1. The van der Waals surface area contributed by atoms with Gasteiger partial charge in [0.15, 0.2) is 0 Å². The third-order valence-corrected chi connectivity index (χ3v) is 5.75. The molecule has 2 aromatic carbocycles. The van der Waals surface area contributed by atoms with Gasteiger partial charge in [-0.3, -0.25) is 14.2 Å². The lowest BCUT2D eigenvalue weighted by Crippen LogP contribution is -2.40. The Morgan fingerprint density at radius 3 is 2.55 bits per heavy atom. The van der Waals surface area contributed by atoms with Crippen LogP contribution in [0.1, 0.15) is 11.1 Å². The number of aryl methyl sites for hydroxylation is 2. The lowest BCUT2D eigenvalue weighted by molar-refractivity contribution is -0.116. The van der Waals surface area contributed by atoms with Crippen molar-refractivity contribution in [3.8, 4) is 5.69 Å². The van der Waals surface area contributed by atoms with E-state index < -0.39 is 35.3 Å². The summed E-state index contributed by atoms with van der Waals surface area (Å²) in [5.74, 6) is -2.39. The summed E-state index contributed by atoms with van der Waals surface area (Å²) < 4.78 is 29.5. The summed E-state index contributed by atoms with van der Waals surface area (Å²) >= 11 is 1.16. The van der Waals surface area contributed by atoms with Crippen molar-refractivity contribution in [2.45, 2.75) is 20.4 Å². The van der Waals surface area contributed by atoms with Crippen molar-refractivity contribution in [3.05, 3.63) is 91.4 Å². The maximum atomic E-state index is 13.9. The zero-order valence-electron chi connectivity index (χ0n) is 16.6. The Labute approximate surface area is 179 Å². The molecule has 31 heavy (non-hydrogen) atoms. The van der Waals surface area contributed by atoms with Gasteiger partial charge in [0.05, 0.1) is 16.9 Å². The summed E-state index contributed by atoms with van der Waals surface area (Å²) in [6.45, 7) is 3.24. The van der Waals surface area contributed by atoms with E-state index in [4.69, 9.17) is 0 Å². The van der Waals surface area contributed by atoms with E-state index in [0.29, 0.717) is 22.0 Å². The molecule has 0 fully saturated rings. The average molecular weight is 441 g/mol. The molecule has 6 nitrogen and oxygen atoms in total. The first-order valence-electron chi connectivity index (χ1n) is 9.32. The number of carbonyl (C=O) groups is 1. The van der Waals surface area contributed by atoms with Gasteiger partial charge in [-0.15, -0.1) is 11.3 Å². The van der Waals surface area contributed by atoms with E-state index in [-0.39, 0.29) is 5.69 Å². The second-order valence-electron chi connectivity index (χ2n) is 7.11. The Bertz CT molecular complexity index is 1450. The second kappa shape index (κ2) is 7.92. The van der Waals surface area contributed by atoms with Crippen molar-refractivity contribution in [3.63, 3.8) is 0 Å². The predicted octanol–water partition coefficient (Wildman–Crippen LogP) is 3.75. The molecule has 0 atom stereocenters. The molecular formula is C22H17F2N3O3S. The molecule has 0 bridgehead atoms. The van der Waals surface area contributed by atoms with Gasteiger partial charge in [-0.1, -0.05) is 17.7 Å². The number of nitrogens with one attached hydrogen (secondary N) is 1. The molecule has 1 amide bonds. The Balaban J connectivity index is 1.81. The molecule has 158 valence electrons. The van der Waals surface area contributed by atoms with Crippen LogP contribution in [0.2, 0.25) is 0 Å². The summed E-state index contributed by atoms with van der Waals surface area (Å²) in [4.78, 5) is 38.9. The number of hydrogen-bond donors (Lipinski definition) is 1. The number of carbonyl (C=O) groups excluding carboxylic acids is 1. The Hall–Kier alpha value is -3.59. The molecule has 0 aliphatic rings. The lowest BCUT2D eigenvalue weighted by Gasteiger charge is -2.14. The lowest BCUT2D eigenvalue weighted by atomic mass is 10.1. The highest BCUT2D eigenvalue weighted by molar-refractivity contribution is 7.17. The van der Waals surface area contributed by atoms with Gasteiger partial charge >= 0.3 is 5.69 Å². The van der Waals surface area contributed by atoms with Gasteiger partial charge in [0.25, 0.3) is 5.56 Å². The molecule has 0 radical (unpaired) electrons. The van der Waals surface area contributed by atoms with Crippen molar-refractivity contribution < 1.29 is 13.6 Å². The molecule has 9 heteroatoms. The molecule has 4 rings (SSSR count). The van der Waals surface area contributed by atoms with Crippen molar-refractivity contribution >= 4 is 33.1 Å². The van der Waals surface area contributed by atoms with Gasteiger partial charge in [0.2, 0.25) is 5.91 Å². The number of halogens is 2. The van der Waals surface area contributed by atoms with E-state index in [9.17, 15) is 23.2 Å². The smallest absolute Gasteiger partial charge is 0.322 e. The summed E-state index contributed by atoms with van der Waals surface area (Å²) in [5, 5.41) is 4.00. The summed E-state index contributed by atoms with van der Waals surface area (Å²) in [7, 11) is 0. The van der Waals surface area contributed by atoms with Crippen molar-refractivity contribution in [1.29, 1.82) is 0 Å². The summed E-state index contributed by atoms with van der Waals surface area (Å²) in [6.07, 6.45) is 0. The van der Waals surface area contributed by atoms with E-state index in [1.54, 1.807) is 30.5 Å². The van der Waals surface area contributed by atoms with Gasteiger partial charge in [-0.2, -0.15) is 0 Å². The fraction of sp³-hybridized carbons (Fsp3) is 0.136. The van der Waals surface area contributed by atoms with Crippen molar-refractivity contribution in [2.24, 2.45) is 0 Å². The van der Waals surface area contributed by atoms with Crippen LogP contribution in [0.4, 0.5) is 14.5 Å². The number of benzene rings is 2. The molecule has 4 aromatic rings. The normalized spacial score (nSPS) is 11.1. The van der Waals surface area contributed by atoms with E-state index in [1.807, 2.05) is 13.0 Å². The molecule has 0 aliphatic heterocycles. The highest BCUT2D eigenvalue weighted by Crippen LogP contribution is 2.19. The maximum Gasteiger partial charge on any atom is 0.336 e. The standard InChI is InChI=1S/C22H17F2N3O3S/c1-12-3-6-17(13(2)9-12)27-21(29)20-18(7-8-31-20)26(22(27)30)11-19(28)25-16-5-4-14(23)10-15(16)24/h3-10H,11H2,1-2H3,(H,25,28). The molecule has 0 aliphatic carbocycles. The molecule has 0 spiro atoms. The summed E-state index contributed by atoms with van der Waals surface area (Å²) in [6, 6.07) is 9.69. The van der Waals surface area contributed by atoms with Crippen molar-refractivity contribution in [2.75, 3.05) is 5.32 Å². The topological polar surface area (TPSA) is 73.1 Å². The number of rotatable bonds is 4. The average Bonchev–Trinajstić information content (AvgIpc) is 3.19. The van der Waals surface area contributed by atoms with E-state index >= 15 is 0 Å². The molecular weight excluding hydrogens is 424 g/mol. The predicted molar refractivity (Wildman–Crippen MR) is 116 cm³/mol. The molecule has 0 unspecified atom stereocenters. The molecule has 0 saturated carbocycles. The van der Waals surface area contributed by atoms with Gasteiger partial charge < -0.3 is 5.32 Å². The fourth-order valence-corrected chi connectivity index (χ4v) is 4.26. The zero-order valence-corrected chi connectivity index (χ0v) is 17.4. The number of hydrogen-bond acceptors (Lipinski definition) is 4. The van der Waals surface area contributed by atoms with E-state index in [0.717, 1.165) is 39.2 Å². The van der Waals surface area contributed by atoms with Crippen LogP contribution >= 0.6 is 11.3 Å². The minimum atomic E-state index is -0.929. The molecule has 2 heterocycles. The maximum absolute atomic E-state index is 13.9. The van der Waals surface area contributed by atoms with Gasteiger partial charge in [0.1, 0.15) is 22.9 Å². The highest BCUT2D eigenvalue weighted by Gasteiger charge is 2.19.